The van der Waals surface area contributed by atoms with Crippen molar-refractivity contribution in [3.63, 3.8) is 0 Å². The molecule has 1 N–H and O–H groups in total. The molecule has 2 amide bonds. The molecule has 0 aromatic carbocycles. The van der Waals surface area contributed by atoms with Gasteiger partial charge in [0.1, 0.15) is 6.61 Å². The number of amides is 2. The van der Waals surface area contributed by atoms with Gasteiger partial charge in [0.15, 0.2) is 0 Å². The summed E-state index contributed by atoms with van der Waals surface area (Å²) in [7, 11) is 0. The molecule has 2 saturated heterocycles. The molecule has 6 heteroatoms. The molecule has 17 heavy (non-hydrogen) atoms. The van der Waals surface area contributed by atoms with E-state index in [0.29, 0.717) is 19.8 Å². The van der Waals surface area contributed by atoms with Crippen LogP contribution in [0.4, 0.5) is 4.79 Å². The second-order valence-corrected chi connectivity index (χ2v) is 4.61. The Labute approximate surface area is 101 Å². The maximum atomic E-state index is 11.3. The SMILES string of the molecule is CC(=O)NC1CCN(CN2CCOC2=O)CC1. The van der Waals surface area contributed by atoms with Crippen LogP contribution < -0.4 is 5.32 Å². The van der Waals surface area contributed by atoms with Crippen molar-refractivity contribution in [3.8, 4) is 0 Å². The lowest BCUT2D eigenvalue weighted by Crippen LogP contribution is -2.47. The Morgan fingerprint density at radius 3 is 2.65 bits per heavy atom. The van der Waals surface area contributed by atoms with Gasteiger partial charge in [-0.3, -0.25) is 14.6 Å². The van der Waals surface area contributed by atoms with Crippen molar-refractivity contribution in [1.82, 2.24) is 15.1 Å². The van der Waals surface area contributed by atoms with Crippen molar-refractivity contribution in [2.24, 2.45) is 0 Å². The Kier molecular flexibility index (Phi) is 3.83. The highest BCUT2D eigenvalue weighted by Crippen LogP contribution is 2.12. The van der Waals surface area contributed by atoms with E-state index < -0.39 is 0 Å². The highest BCUT2D eigenvalue weighted by Gasteiger charge is 2.26. The fourth-order valence-corrected chi connectivity index (χ4v) is 2.30. The van der Waals surface area contributed by atoms with Crippen LogP contribution in [0.1, 0.15) is 19.8 Å². The number of rotatable bonds is 3. The molecule has 0 unspecified atom stereocenters. The first-order valence-electron chi connectivity index (χ1n) is 6.06. The summed E-state index contributed by atoms with van der Waals surface area (Å²) >= 11 is 0. The minimum absolute atomic E-state index is 0.0339. The van der Waals surface area contributed by atoms with Gasteiger partial charge in [0, 0.05) is 26.1 Å². The van der Waals surface area contributed by atoms with E-state index in [1.165, 1.54) is 0 Å². The summed E-state index contributed by atoms with van der Waals surface area (Å²) in [5.41, 5.74) is 0. The number of hydrogen-bond acceptors (Lipinski definition) is 4. The molecule has 2 heterocycles. The average molecular weight is 241 g/mol. The molecule has 6 nitrogen and oxygen atoms in total. The Morgan fingerprint density at radius 1 is 1.41 bits per heavy atom. The maximum Gasteiger partial charge on any atom is 0.410 e. The minimum Gasteiger partial charge on any atom is -0.447 e. The summed E-state index contributed by atoms with van der Waals surface area (Å²) in [5, 5.41) is 2.93. The van der Waals surface area contributed by atoms with Crippen molar-refractivity contribution in [1.29, 1.82) is 0 Å². The van der Waals surface area contributed by atoms with Crippen molar-refractivity contribution in [2.45, 2.75) is 25.8 Å². The van der Waals surface area contributed by atoms with Gasteiger partial charge >= 0.3 is 6.09 Å². The van der Waals surface area contributed by atoms with Crippen LogP contribution in [0, 0.1) is 0 Å². The van der Waals surface area contributed by atoms with Crippen LogP contribution in [0.5, 0.6) is 0 Å². The number of hydrogen-bond donors (Lipinski definition) is 1. The van der Waals surface area contributed by atoms with Gasteiger partial charge < -0.3 is 10.1 Å². The first kappa shape index (κ1) is 12.2. The van der Waals surface area contributed by atoms with Gasteiger partial charge in [0.2, 0.25) is 5.91 Å². The average Bonchev–Trinajstić information content (AvgIpc) is 2.67. The van der Waals surface area contributed by atoms with E-state index >= 15 is 0 Å². The highest BCUT2D eigenvalue weighted by atomic mass is 16.6. The van der Waals surface area contributed by atoms with E-state index in [-0.39, 0.29) is 18.0 Å². The van der Waals surface area contributed by atoms with Crippen molar-refractivity contribution >= 4 is 12.0 Å². The van der Waals surface area contributed by atoms with Crippen LogP contribution in [0.2, 0.25) is 0 Å². The summed E-state index contributed by atoms with van der Waals surface area (Å²) < 4.78 is 4.88. The van der Waals surface area contributed by atoms with Crippen molar-refractivity contribution < 1.29 is 14.3 Å². The molecule has 0 bridgehead atoms. The molecule has 2 aliphatic heterocycles. The van der Waals surface area contributed by atoms with E-state index in [1.54, 1.807) is 11.8 Å². The Morgan fingerprint density at radius 2 is 2.12 bits per heavy atom. The predicted molar refractivity (Wildman–Crippen MR) is 61.3 cm³/mol. The first-order chi connectivity index (χ1) is 8.15. The topological polar surface area (TPSA) is 61.9 Å². The number of carbonyl (C=O) groups excluding carboxylic acids is 2. The van der Waals surface area contributed by atoms with Crippen LogP contribution in [0.15, 0.2) is 0 Å². The monoisotopic (exact) mass is 241 g/mol. The zero-order chi connectivity index (χ0) is 12.3. The van der Waals surface area contributed by atoms with E-state index in [4.69, 9.17) is 4.74 Å². The van der Waals surface area contributed by atoms with E-state index in [0.717, 1.165) is 25.9 Å². The molecule has 0 aromatic rings. The summed E-state index contributed by atoms with van der Waals surface area (Å²) in [6, 6.07) is 0.286. The summed E-state index contributed by atoms with van der Waals surface area (Å²) in [5.74, 6) is 0.0339. The van der Waals surface area contributed by atoms with E-state index in [9.17, 15) is 9.59 Å². The fourth-order valence-electron chi connectivity index (χ4n) is 2.30. The Bertz CT molecular complexity index is 300. The third kappa shape index (κ3) is 3.33. The molecule has 0 aromatic heterocycles. The lowest BCUT2D eigenvalue weighted by atomic mass is 10.1. The number of cyclic esters (lactones) is 1. The highest BCUT2D eigenvalue weighted by molar-refractivity contribution is 5.73. The van der Waals surface area contributed by atoms with Crippen molar-refractivity contribution in [3.05, 3.63) is 0 Å². The normalized spacial score (nSPS) is 22.6. The Balaban J connectivity index is 1.71. The molecule has 2 aliphatic rings. The molecule has 0 atom stereocenters. The molecule has 0 aliphatic carbocycles. The summed E-state index contributed by atoms with van der Waals surface area (Å²) in [6.45, 7) is 5.20. The minimum atomic E-state index is -0.214. The van der Waals surface area contributed by atoms with Crippen LogP contribution in [0.25, 0.3) is 0 Å². The molecule has 2 rings (SSSR count). The van der Waals surface area contributed by atoms with Crippen LogP contribution in [-0.4, -0.2) is 60.8 Å². The van der Waals surface area contributed by atoms with Gasteiger partial charge in [0.05, 0.1) is 13.2 Å². The van der Waals surface area contributed by atoms with E-state index in [1.807, 2.05) is 0 Å². The number of piperidine rings is 1. The molecular weight excluding hydrogens is 222 g/mol. The van der Waals surface area contributed by atoms with Gasteiger partial charge in [0.25, 0.3) is 0 Å². The maximum absolute atomic E-state index is 11.3. The fraction of sp³-hybridized carbons (Fsp3) is 0.818. The lowest BCUT2D eigenvalue weighted by Gasteiger charge is -2.33. The van der Waals surface area contributed by atoms with Gasteiger partial charge in [-0.15, -0.1) is 0 Å². The quantitative estimate of drug-likeness (QED) is 0.755. The summed E-state index contributed by atoms with van der Waals surface area (Å²) in [6.07, 6.45) is 1.68. The molecule has 96 valence electrons. The second-order valence-electron chi connectivity index (χ2n) is 4.61. The molecule has 0 radical (unpaired) electrons. The number of nitrogens with one attached hydrogen (secondary N) is 1. The number of nitrogens with zero attached hydrogens (tertiary/aromatic N) is 2. The first-order valence-corrected chi connectivity index (χ1v) is 6.06. The third-order valence-corrected chi connectivity index (χ3v) is 3.21. The number of likely N-dealkylation sites (tertiary alicyclic amines) is 1. The van der Waals surface area contributed by atoms with Crippen LogP contribution in [-0.2, 0) is 9.53 Å². The van der Waals surface area contributed by atoms with Gasteiger partial charge in [-0.05, 0) is 12.8 Å². The predicted octanol–water partition coefficient (Wildman–Crippen LogP) is -0.00340. The van der Waals surface area contributed by atoms with Gasteiger partial charge in [-0.25, -0.2) is 4.79 Å². The Hall–Kier alpha value is -1.30. The van der Waals surface area contributed by atoms with Crippen molar-refractivity contribution in [2.75, 3.05) is 32.9 Å². The molecular formula is C11H19N3O3. The largest absolute Gasteiger partial charge is 0.447 e. The second kappa shape index (κ2) is 5.35. The number of ether oxygens (including phenoxy) is 1. The zero-order valence-corrected chi connectivity index (χ0v) is 10.1. The molecule has 2 fully saturated rings. The molecule has 0 spiro atoms. The molecule has 0 saturated carbocycles. The smallest absolute Gasteiger partial charge is 0.410 e. The zero-order valence-electron chi connectivity index (χ0n) is 10.1. The van der Waals surface area contributed by atoms with Gasteiger partial charge in [-0.1, -0.05) is 0 Å². The van der Waals surface area contributed by atoms with Crippen LogP contribution in [0.3, 0.4) is 0 Å². The summed E-state index contributed by atoms with van der Waals surface area (Å²) in [4.78, 5) is 26.1. The van der Waals surface area contributed by atoms with E-state index in [2.05, 4.69) is 10.2 Å². The lowest BCUT2D eigenvalue weighted by molar-refractivity contribution is -0.120. The third-order valence-electron chi connectivity index (χ3n) is 3.21. The van der Waals surface area contributed by atoms with Gasteiger partial charge in [-0.2, -0.15) is 0 Å². The van der Waals surface area contributed by atoms with Crippen LogP contribution >= 0.6 is 0 Å². The standard InChI is InChI=1S/C11H19N3O3/c1-9(15)12-10-2-4-13(5-3-10)8-14-6-7-17-11(14)16/h10H,2-8H2,1H3,(H,12,15). The number of carbonyl (C=O) groups is 2.